The quantitative estimate of drug-likeness (QED) is 0.745. The van der Waals surface area contributed by atoms with Crippen LogP contribution >= 0.6 is 11.6 Å². The predicted octanol–water partition coefficient (Wildman–Crippen LogP) is 1.58. The van der Waals surface area contributed by atoms with E-state index in [1.807, 2.05) is 0 Å². The molecule has 1 aromatic rings. The van der Waals surface area contributed by atoms with Crippen molar-refractivity contribution in [2.75, 3.05) is 7.11 Å². The molecule has 13 heavy (non-hydrogen) atoms. The number of carbonyl (C=O) groups is 1. The van der Waals surface area contributed by atoms with Gasteiger partial charge in [0.15, 0.2) is 11.4 Å². The van der Waals surface area contributed by atoms with Gasteiger partial charge in [-0.25, -0.2) is 9.78 Å². The third kappa shape index (κ3) is 1.86. The minimum absolute atomic E-state index is 0.118. The lowest BCUT2D eigenvalue weighted by molar-refractivity contribution is 0.0689. The normalized spacial score (nSPS) is 9.77. The fourth-order valence-electron chi connectivity index (χ4n) is 0.764. The van der Waals surface area contributed by atoms with Gasteiger partial charge in [0.1, 0.15) is 0 Å². The van der Waals surface area contributed by atoms with E-state index in [-0.39, 0.29) is 10.8 Å². The summed E-state index contributed by atoms with van der Waals surface area (Å²) < 4.78 is 17.4. The topological polar surface area (TPSA) is 59.4 Å². The van der Waals surface area contributed by atoms with Crippen molar-refractivity contribution < 1.29 is 19.0 Å². The second-order valence-corrected chi connectivity index (χ2v) is 2.53. The van der Waals surface area contributed by atoms with Crippen molar-refractivity contribution >= 4 is 17.6 Å². The van der Waals surface area contributed by atoms with Crippen LogP contribution in [0.15, 0.2) is 6.07 Å². The first-order chi connectivity index (χ1) is 6.06. The molecular formula is C7H5ClFNO3. The van der Waals surface area contributed by atoms with E-state index in [4.69, 9.17) is 16.7 Å². The summed E-state index contributed by atoms with van der Waals surface area (Å²) in [6.45, 7) is 0. The predicted molar refractivity (Wildman–Crippen MR) is 42.7 cm³/mol. The average molecular weight is 206 g/mol. The number of rotatable bonds is 2. The van der Waals surface area contributed by atoms with E-state index in [9.17, 15) is 9.18 Å². The van der Waals surface area contributed by atoms with Gasteiger partial charge in [-0.2, -0.15) is 4.39 Å². The Bertz CT molecular complexity index is 333. The Kier molecular flexibility index (Phi) is 2.67. The van der Waals surface area contributed by atoms with Gasteiger partial charge in [-0.05, 0) is 6.07 Å². The monoisotopic (exact) mass is 205 g/mol. The minimum atomic E-state index is -1.34. The molecule has 6 heteroatoms. The van der Waals surface area contributed by atoms with Crippen molar-refractivity contribution in [2.45, 2.75) is 0 Å². The summed E-state index contributed by atoms with van der Waals surface area (Å²) >= 11 is 5.51. The van der Waals surface area contributed by atoms with Crippen LogP contribution < -0.4 is 4.74 Å². The van der Waals surface area contributed by atoms with Crippen molar-refractivity contribution in [2.24, 2.45) is 0 Å². The van der Waals surface area contributed by atoms with E-state index < -0.39 is 17.6 Å². The van der Waals surface area contributed by atoms with Gasteiger partial charge in [0, 0.05) is 0 Å². The number of halogens is 2. The maximum absolute atomic E-state index is 12.9. The Morgan fingerprint density at radius 2 is 2.38 bits per heavy atom. The lowest BCUT2D eigenvalue weighted by atomic mass is 10.3. The summed E-state index contributed by atoms with van der Waals surface area (Å²) in [6, 6.07) is 1.02. The highest BCUT2D eigenvalue weighted by Gasteiger charge is 2.15. The molecule has 0 saturated heterocycles. The third-order valence-electron chi connectivity index (χ3n) is 1.31. The molecule has 0 aliphatic carbocycles. The van der Waals surface area contributed by atoms with Crippen LogP contribution in [0.2, 0.25) is 5.02 Å². The summed E-state index contributed by atoms with van der Waals surface area (Å²) in [5, 5.41) is 8.35. The lowest BCUT2D eigenvalue weighted by Crippen LogP contribution is -2.03. The number of aromatic carboxylic acids is 1. The Balaban J connectivity index is 3.28. The van der Waals surface area contributed by atoms with Crippen LogP contribution in [0.25, 0.3) is 0 Å². The Morgan fingerprint density at radius 1 is 1.77 bits per heavy atom. The van der Waals surface area contributed by atoms with E-state index in [0.717, 1.165) is 6.07 Å². The Morgan fingerprint density at radius 3 is 2.77 bits per heavy atom. The molecule has 70 valence electrons. The van der Waals surface area contributed by atoms with Gasteiger partial charge in [-0.15, -0.1) is 0 Å². The van der Waals surface area contributed by atoms with Crippen LogP contribution in [0.4, 0.5) is 4.39 Å². The molecule has 1 N–H and O–H groups in total. The molecule has 0 aromatic carbocycles. The zero-order valence-corrected chi connectivity index (χ0v) is 7.30. The number of aromatic nitrogens is 1. The zero-order valence-electron chi connectivity index (χ0n) is 6.54. The first-order valence-electron chi connectivity index (χ1n) is 3.19. The van der Waals surface area contributed by atoms with Gasteiger partial charge < -0.3 is 9.84 Å². The molecule has 1 rings (SSSR count). The molecule has 0 aliphatic heterocycles. The largest absolute Gasteiger partial charge is 0.491 e. The second-order valence-electron chi connectivity index (χ2n) is 2.12. The maximum atomic E-state index is 12.9. The van der Waals surface area contributed by atoms with Gasteiger partial charge >= 0.3 is 5.97 Å². The van der Waals surface area contributed by atoms with Crippen molar-refractivity contribution in [1.29, 1.82) is 0 Å². The van der Waals surface area contributed by atoms with Gasteiger partial charge in [-0.1, -0.05) is 11.6 Å². The summed E-state index contributed by atoms with van der Waals surface area (Å²) in [7, 11) is 1.21. The van der Waals surface area contributed by atoms with Crippen molar-refractivity contribution in [3.63, 3.8) is 0 Å². The smallest absolute Gasteiger partial charge is 0.354 e. The van der Waals surface area contributed by atoms with Crippen molar-refractivity contribution in [3.05, 3.63) is 22.7 Å². The summed E-state index contributed by atoms with van der Waals surface area (Å²) in [5.41, 5.74) is -0.455. The average Bonchev–Trinajstić information content (AvgIpc) is 2.03. The van der Waals surface area contributed by atoms with Gasteiger partial charge in [-0.3, -0.25) is 0 Å². The minimum Gasteiger partial charge on any atom is -0.491 e. The van der Waals surface area contributed by atoms with Crippen LogP contribution in [0.1, 0.15) is 10.5 Å². The maximum Gasteiger partial charge on any atom is 0.354 e. The fraction of sp³-hybridized carbons (Fsp3) is 0.143. The van der Waals surface area contributed by atoms with E-state index in [1.54, 1.807) is 0 Å². The molecular weight excluding hydrogens is 201 g/mol. The van der Waals surface area contributed by atoms with E-state index >= 15 is 0 Å². The summed E-state index contributed by atoms with van der Waals surface area (Å²) in [5.74, 6) is -2.64. The molecule has 0 saturated carbocycles. The standard InChI is InChI=1S/C7H5ClFNO3/c1-13-5-3(8)2-4(7(11)12)10-6(5)9/h2H,1H3,(H,11,12). The van der Waals surface area contributed by atoms with Crippen LogP contribution in [0.5, 0.6) is 5.75 Å². The number of hydrogen-bond acceptors (Lipinski definition) is 3. The van der Waals surface area contributed by atoms with Gasteiger partial charge in [0.25, 0.3) is 5.95 Å². The molecule has 0 amide bonds. The van der Waals surface area contributed by atoms with E-state index in [0.29, 0.717) is 0 Å². The number of methoxy groups -OCH3 is 1. The molecule has 0 bridgehead atoms. The van der Waals surface area contributed by atoms with Crippen LogP contribution in [-0.4, -0.2) is 23.2 Å². The highest BCUT2D eigenvalue weighted by molar-refractivity contribution is 6.32. The molecule has 1 heterocycles. The Hall–Kier alpha value is -1.36. The first kappa shape index (κ1) is 9.73. The number of ether oxygens (including phenoxy) is 1. The molecule has 1 aromatic heterocycles. The molecule has 0 fully saturated rings. The number of hydrogen-bond donors (Lipinski definition) is 1. The third-order valence-corrected chi connectivity index (χ3v) is 1.59. The van der Waals surface area contributed by atoms with Crippen LogP contribution in [-0.2, 0) is 0 Å². The Labute approximate surface area is 77.9 Å². The molecule has 0 spiro atoms. The fourth-order valence-corrected chi connectivity index (χ4v) is 1.02. The summed E-state index contributed by atoms with van der Waals surface area (Å²) in [4.78, 5) is 13.5. The molecule has 0 atom stereocenters. The summed E-state index contributed by atoms with van der Waals surface area (Å²) in [6.07, 6.45) is 0. The lowest BCUT2D eigenvalue weighted by Gasteiger charge is -2.03. The highest BCUT2D eigenvalue weighted by Crippen LogP contribution is 2.26. The SMILES string of the molecule is COc1c(Cl)cc(C(=O)O)nc1F. The van der Waals surface area contributed by atoms with Gasteiger partial charge in [0.05, 0.1) is 12.1 Å². The zero-order chi connectivity index (χ0) is 10.0. The number of pyridine rings is 1. The molecule has 0 aliphatic rings. The van der Waals surface area contributed by atoms with E-state index in [2.05, 4.69) is 9.72 Å². The van der Waals surface area contributed by atoms with E-state index in [1.165, 1.54) is 7.11 Å². The number of carboxylic acid groups (broad SMARTS) is 1. The van der Waals surface area contributed by atoms with Crippen LogP contribution in [0, 0.1) is 5.95 Å². The van der Waals surface area contributed by atoms with Gasteiger partial charge in [0.2, 0.25) is 0 Å². The second kappa shape index (κ2) is 3.57. The number of nitrogens with zero attached hydrogens (tertiary/aromatic N) is 1. The molecule has 0 unspecified atom stereocenters. The first-order valence-corrected chi connectivity index (χ1v) is 3.57. The number of carboxylic acids is 1. The van der Waals surface area contributed by atoms with Crippen molar-refractivity contribution in [3.8, 4) is 5.75 Å². The molecule has 4 nitrogen and oxygen atoms in total. The van der Waals surface area contributed by atoms with Crippen LogP contribution in [0.3, 0.4) is 0 Å². The van der Waals surface area contributed by atoms with Crippen molar-refractivity contribution in [1.82, 2.24) is 4.98 Å². The molecule has 0 radical (unpaired) electrons. The highest BCUT2D eigenvalue weighted by atomic mass is 35.5.